The zero-order chi connectivity index (χ0) is 21.2. The van der Waals surface area contributed by atoms with Gasteiger partial charge in [-0.2, -0.15) is 0 Å². The molecule has 0 bridgehead atoms. The minimum Gasteiger partial charge on any atom is -0.493 e. The van der Waals surface area contributed by atoms with Crippen molar-refractivity contribution < 1.29 is 19.1 Å². The molecule has 0 radical (unpaired) electrons. The Morgan fingerprint density at radius 1 is 1.07 bits per heavy atom. The Morgan fingerprint density at radius 3 is 2.52 bits per heavy atom. The number of hydrogen-bond acceptors (Lipinski definition) is 4. The maximum absolute atomic E-state index is 12.3. The first-order valence-corrected chi connectivity index (χ1v) is 9.65. The van der Waals surface area contributed by atoms with Crippen molar-refractivity contribution in [2.45, 2.75) is 26.7 Å². The summed E-state index contributed by atoms with van der Waals surface area (Å²) in [5, 5.41) is 8.45. The third-order valence-electron chi connectivity index (χ3n) is 3.86. The van der Waals surface area contributed by atoms with Crippen molar-refractivity contribution in [1.82, 2.24) is 5.32 Å². The first kappa shape index (κ1) is 22.2. The van der Waals surface area contributed by atoms with Crippen LogP contribution in [-0.2, 0) is 9.59 Å². The first-order chi connectivity index (χ1) is 13.9. The van der Waals surface area contributed by atoms with E-state index in [0.717, 1.165) is 0 Å². The third-order valence-corrected chi connectivity index (χ3v) is 4.17. The van der Waals surface area contributed by atoms with Crippen molar-refractivity contribution in [3.8, 4) is 5.75 Å². The van der Waals surface area contributed by atoms with E-state index in [1.54, 1.807) is 42.5 Å². The molecule has 2 rings (SSSR count). The van der Waals surface area contributed by atoms with Crippen LogP contribution in [0.1, 0.15) is 37.0 Å². The Bertz CT molecular complexity index is 886. The number of halogens is 1. The molecule has 154 valence electrons. The average molecular weight is 418 g/mol. The molecule has 3 amide bonds. The van der Waals surface area contributed by atoms with Crippen LogP contribution in [0.2, 0.25) is 5.02 Å². The zero-order valence-corrected chi connectivity index (χ0v) is 17.1. The van der Waals surface area contributed by atoms with Crippen molar-refractivity contribution >= 4 is 40.7 Å². The summed E-state index contributed by atoms with van der Waals surface area (Å²) in [6, 6.07) is 11.9. The predicted molar refractivity (Wildman–Crippen MR) is 114 cm³/mol. The second-order valence-corrected chi connectivity index (χ2v) is 6.62. The fraction of sp³-hybridized carbons (Fsp3) is 0.286. The zero-order valence-electron chi connectivity index (χ0n) is 16.4. The highest BCUT2D eigenvalue weighted by atomic mass is 35.5. The van der Waals surface area contributed by atoms with Gasteiger partial charge < -0.3 is 20.7 Å². The minimum atomic E-state index is -0.244. The summed E-state index contributed by atoms with van der Waals surface area (Å²) in [7, 11) is 0. The van der Waals surface area contributed by atoms with Gasteiger partial charge in [-0.05, 0) is 43.7 Å². The topological polar surface area (TPSA) is 96.5 Å². The number of para-hydroxylation sites is 1. The number of hydrogen-bond donors (Lipinski definition) is 3. The minimum absolute atomic E-state index is 0.205. The molecule has 0 unspecified atom stereocenters. The van der Waals surface area contributed by atoms with Crippen LogP contribution >= 0.6 is 11.6 Å². The summed E-state index contributed by atoms with van der Waals surface area (Å²) in [5.74, 6) is -0.138. The van der Waals surface area contributed by atoms with Gasteiger partial charge in [-0.1, -0.05) is 23.7 Å². The second kappa shape index (κ2) is 11.1. The van der Waals surface area contributed by atoms with Crippen molar-refractivity contribution in [2.24, 2.45) is 0 Å². The standard InChI is InChI=1S/C21H24ClN3O4/c1-3-29-19-8-5-4-7-16(19)21(28)23-12-6-9-20(27)25-18-11-10-15(13-17(18)22)24-14(2)26/h4-5,7-8,10-11,13H,3,6,9,12H2,1-2H3,(H,23,28)(H,24,26)(H,25,27). The molecule has 2 aromatic rings. The lowest BCUT2D eigenvalue weighted by Gasteiger charge is -2.11. The maximum atomic E-state index is 12.3. The number of ether oxygens (including phenoxy) is 1. The number of anilines is 2. The van der Waals surface area contributed by atoms with Gasteiger partial charge in [-0.3, -0.25) is 14.4 Å². The predicted octanol–water partition coefficient (Wildman–Crippen LogP) is 3.85. The molecule has 8 heteroatoms. The lowest BCUT2D eigenvalue weighted by molar-refractivity contribution is -0.116. The highest BCUT2D eigenvalue weighted by Gasteiger charge is 2.12. The van der Waals surface area contributed by atoms with Gasteiger partial charge in [0.2, 0.25) is 11.8 Å². The van der Waals surface area contributed by atoms with Gasteiger partial charge in [0.15, 0.2) is 0 Å². The smallest absolute Gasteiger partial charge is 0.255 e. The van der Waals surface area contributed by atoms with Gasteiger partial charge in [0.1, 0.15) is 5.75 Å². The lowest BCUT2D eigenvalue weighted by atomic mass is 10.2. The van der Waals surface area contributed by atoms with Crippen LogP contribution in [0.25, 0.3) is 0 Å². The molecular weight excluding hydrogens is 394 g/mol. The Hall–Kier alpha value is -3.06. The number of amides is 3. The molecule has 0 aliphatic heterocycles. The van der Waals surface area contributed by atoms with Crippen LogP contribution in [0.3, 0.4) is 0 Å². The fourth-order valence-corrected chi connectivity index (χ4v) is 2.82. The van der Waals surface area contributed by atoms with E-state index in [9.17, 15) is 14.4 Å². The summed E-state index contributed by atoms with van der Waals surface area (Å²) in [6.07, 6.45) is 0.688. The van der Waals surface area contributed by atoms with Gasteiger partial charge in [-0.25, -0.2) is 0 Å². The Balaban J connectivity index is 1.79. The molecule has 0 aliphatic carbocycles. The van der Waals surface area contributed by atoms with Gasteiger partial charge in [0.25, 0.3) is 5.91 Å². The van der Waals surface area contributed by atoms with Gasteiger partial charge in [0.05, 0.1) is 22.9 Å². The van der Waals surface area contributed by atoms with Crippen LogP contribution in [0.4, 0.5) is 11.4 Å². The molecular formula is C21H24ClN3O4. The largest absolute Gasteiger partial charge is 0.493 e. The fourth-order valence-electron chi connectivity index (χ4n) is 2.59. The summed E-state index contributed by atoms with van der Waals surface area (Å²) in [6.45, 7) is 4.07. The summed E-state index contributed by atoms with van der Waals surface area (Å²) in [5.41, 5.74) is 1.47. The highest BCUT2D eigenvalue weighted by Crippen LogP contribution is 2.25. The maximum Gasteiger partial charge on any atom is 0.255 e. The number of nitrogens with one attached hydrogen (secondary N) is 3. The lowest BCUT2D eigenvalue weighted by Crippen LogP contribution is -2.26. The highest BCUT2D eigenvalue weighted by molar-refractivity contribution is 6.34. The van der Waals surface area contributed by atoms with Crippen LogP contribution in [-0.4, -0.2) is 30.9 Å². The molecule has 3 N–H and O–H groups in total. The van der Waals surface area contributed by atoms with E-state index < -0.39 is 0 Å². The molecule has 2 aromatic carbocycles. The molecule has 0 aromatic heterocycles. The Labute approximate surface area is 174 Å². The summed E-state index contributed by atoms with van der Waals surface area (Å²) in [4.78, 5) is 35.5. The first-order valence-electron chi connectivity index (χ1n) is 9.27. The van der Waals surface area contributed by atoms with E-state index in [0.29, 0.717) is 47.3 Å². The number of carbonyl (C=O) groups excluding carboxylic acids is 3. The van der Waals surface area contributed by atoms with Crippen molar-refractivity contribution in [1.29, 1.82) is 0 Å². The van der Waals surface area contributed by atoms with Crippen LogP contribution < -0.4 is 20.7 Å². The Kier molecular flexibility index (Phi) is 8.48. The van der Waals surface area contributed by atoms with E-state index in [1.807, 2.05) is 6.92 Å². The van der Waals surface area contributed by atoms with Crippen LogP contribution in [0.15, 0.2) is 42.5 Å². The molecule has 0 aliphatic rings. The summed E-state index contributed by atoms with van der Waals surface area (Å²) < 4.78 is 5.45. The molecule has 7 nitrogen and oxygen atoms in total. The van der Waals surface area contributed by atoms with Crippen molar-refractivity contribution in [3.05, 3.63) is 53.1 Å². The van der Waals surface area contributed by atoms with Gasteiger partial charge in [-0.15, -0.1) is 0 Å². The second-order valence-electron chi connectivity index (χ2n) is 6.21. The molecule has 0 spiro atoms. The molecule has 0 saturated carbocycles. The number of benzene rings is 2. The van der Waals surface area contributed by atoms with E-state index in [4.69, 9.17) is 16.3 Å². The Morgan fingerprint density at radius 2 is 1.83 bits per heavy atom. The summed E-state index contributed by atoms with van der Waals surface area (Å²) >= 11 is 6.13. The third kappa shape index (κ3) is 7.12. The average Bonchev–Trinajstić information content (AvgIpc) is 2.67. The quantitative estimate of drug-likeness (QED) is 0.540. The van der Waals surface area contributed by atoms with E-state index in [1.165, 1.54) is 6.92 Å². The normalized spacial score (nSPS) is 10.2. The molecule has 0 atom stereocenters. The van der Waals surface area contributed by atoms with E-state index in [2.05, 4.69) is 16.0 Å². The van der Waals surface area contributed by atoms with Gasteiger partial charge in [0, 0.05) is 25.6 Å². The number of carbonyl (C=O) groups is 3. The van der Waals surface area contributed by atoms with Crippen LogP contribution in [0.5, 0.6) is 5.75 Å². The molecule has 0 fully saturated rings. The van der Waals surface area contributed by atoms with Gasteiger partial charge >= 0.3 is 0 Å². The van der Waals surface area contributed by atoms with Crippen molar-refractivity contribution in [2.75, 3.05) is 23.8 Å². The molecule has 29 heavy (non-hydrogen) atoms. The monoisotopic (exact) mass is 417 g/mol. The molecule has 0 heterocycles. The SMILES string of the molecule is CCOc1ccccc1C(=O)NCCCC(=O)Nc1ccc(NC(C)=O)cc1Cl. The van der Waals surface area contributed by atoms with E-state index in [-0.39, 0.29) is 24.1 Å². The number of rotatable bonds is 9. The molecule has 0 saturated heterocycles. The van der Waals surface area contributed by atoms with Crippen LogP contribution in [0, 0.1) is 0 Å². The van der Waals surface area contributed by atoms with E-state index >= 15 is 0 Å². The van der Waals surface area contributed by atoms with Crippen molar-refractivity contribution in [3.63, 3.8) is 0 Å².